The lowest BCUT2D eigenvalue weighted by atomic mass is 10.2. The number of thioether (sulfide) groups is 1. The molecule has 144 valence electrons. The number of aryl methyl sites for hydroxylation is 1. The maximum atomic E-state index is 12.3. The lowest BCUT2D eigenvalue weighted by Gasteiger charge is -2.12. The second-order valence-electron chi connectivity index (χ2n) is 5.46. The van der Waals surface area contributed by atoms with Gasteiger partial charge in [-0.1, -0.05) is 17.8 Å². The van der Waals surface area contributed by atoms with Gasteiger partial charge in [-0.2, -0.15) is 8.78 Å². The molecule has 0 atom stereocenters. The Bertz CT molecular complexity index is 801. The smallest absolute Gasteiger partial charge is 0.319 e. The molecule has 3 amide bonds. The highest BCUT2D eigenvalue weighted by Gasteiger charge is 2.10. The van der Waals surface area contributed by atoms with Gasteiger partial charge in [-0.05, 0) is 48.9 Å². The lowest BCUT2D eigenvalue weighted by molar-refractivity contribution is -0.115. The first kappa shape index (κ1) is 20.5. The molecule has 0 aromatic heterocycles. The Morgan fingerprint density at radius 3 is 2.44 bits per heavy atom. The molecule has 2 aromatic rings. The molecular weight excluding hydrogens is 376 g/mol. The summed E-state index contributed by atoms with van der Waals surface area (Å²) < 4.78 is 29.7. The van der Waals surface area contributed by atoms with Crippen molar-refractivity contribution in [3.05, 3.63) is 48.0 Å². The molecule has 0 heterocycles. The van der Waals surface area contributed by atoms with Gasteiger partial charge in [0.1, 0.15) is 5.75 Å². The molecule has 0 spiro atoms. The van der Waals surface area contributed by atoms with Crippen LogP contribution in [-0.4, -0.2) is 31.4 Å². The highest BCUT2D eigenvalue weighted by Crippen LogP contribution is 2.26. The largest absolute Gasteiger partial charge is 0.495 e. The van der Waals surface area contributed by atoms with Crippen LogP contribution in [0.3, 0.4) is 0 Å². The summed E-state index contributed by atoms with van der Waals surface area (Å²) in [6.45, 7) is 1.63. The van der Waals surface area contributed by atoms with Crippen molar-refractivity contribution >= 4 is 35.1 Å². The Balaban J connectivity index is 1.83. The quantitative estimate of drug-likeness (QED) is 0.617. The molecule has 0 aliphatic rings. The monoisotopic (exact) mass is 395 g/mol. The van der Waals surface area contributed by atoms with Crippen LogP contribution in [0.5, 0.6) is 5.75 Å². The van der Waals surface area contributed by atoms with Crippen molar-refractivity contribution < 1.29 is 23.1 Å². The predicted molar refractivity (Wildman–Crippen MR) is 102 cm³/mol. The zero-order chi connectivity index (χ0) is 19.8. The van der Waals surface area contributed by atoms with Gasteiger partial charge in [-0.25, -0.2) is 4.79 Å². The summed E-state index contributed by atoms with van der Waals surface area (Å²) >= 11 is 0.420. The number of alkyl halides is 2. The molecule has 2 aromatic carbocycles. The zero-order valence-corrected chi connectivity index (χ0v) is 15.5. The fraction of sp³-hybridized carbons (Fsp3) is 0.222. The molecule has 27 heavy (non-hydrogen) atoms. The average molecular weight is 395 g/mol. The summed E-state index contributed by atoms with van der Waals surface area (Å²) in [5.41, 5.74) is 1.88. The molecule has 2 rings (SSSR count). The molecule has 0 radical (unpaired) electrons. The van der Waals surface area contributed by atoms with Crippen molar-refractivity contribution in [2.75, 3.05) is 24.3 Å². The zero-order valence-electron chi connectivity index (χ0n) is 14.7. The Labute approximate surface area is 159 Å². The van der Waals surface area contributed by atoms with Crippen LogP contribution in [0.2, 0.25) is 0 Å². The van der Waals surface area contributed by atoms with Gasteiger partial charge in [-0.15, -0.1) is 0 Å². The summed E-state index contributed by atoms with van der Waals surface area (Å²) in [6.07, 6.45) is 0. The highest BCUT2D eigenvalue weighted by atomic mass is 32.2. The number of halogens is 2. The van der Waals surface area contributed by atoms with E-state index in [-0.39, 0.29) is 6.54 Å². The number of carbonyl (C=O) groups excluding carboxylic acids is 2. The molecule has 9 heteroatoms. The molecule has 0 unspecified atom stereocenters. The second-order valence-corrected chi connectivity index (χ2v) is 6.53. The number of carbonyl (C=O) groups is 2. The third-order valence-electron chi connectivity index (χ3n) is 3.38. The fourth-order valence-corrected chi connectivity index (χ4v) is 2.67. The van der Waals surface area contributed by atoms with Crippen LogP contribution in [0.4, 0.5) is 25.0 Å². The van der Waals surface area contributed by atoms with Crippen LogP contribution in [0.25, 0.3) is 0 Å². The van der Waals surface area contributed by atoms with Gasteiger partial charge in [0.25, 0.3) is 5.76 Å². The third kappa shape index (κ3) is 6.78. The van der Waals surface area contributed by atoms with E-state index >= 15 is 0 Å². The van der Waals surface area contributed by atoms with Crippen molar-refractivity contribution in [3.8, 4) is 5.75 Å². The minimum absolute atomic E-state index is 0.248. The molecule has 0 saturated carbocycles. The third-order valence-corrected chi connectivity index (χ3v) is 4.10. The van der Waals surface area contributed by atoms with Gasteiger partial charge in [0.2, 0.25) is 5.91 Å². The van der Waals surface area contributed by atoms with Crippen LogP contribution in [0, 0.1) is 6.92 Å². The molecular formula is C18H19F2N3O3S. The van der Waals surface area contributed by atoms with Crippen molar-refractivity contribution in [1.82, 2.24) is 5.32 Å². The first-order valence-corrected chi connectivity index (χ1v) is 8.79. The summed E-state index contributed by atoms with van der Waals surface area (Å²) in [6, 6.07) is 10.7. The van der Waals surface area contributed by atoms with Crippen molar-refractivity contribution in [2.24, 2.45) is 0 Å². The maximum Gasteiger partial charge on any atom is 0.319 e. The number of ether oxygens (including phenoxy) is 1. The summed E-state index contributed by atoms with van der Waals surface area (Å²) in [5, 5.41) is 7.61. The second kappa shape index (κ2) is 9.77. The number of hydrogen-bond donors (Lipinski definition) is 3. The number of amides is 3. The molecule has 0 saturated heterocycles. The van der Waals surface area contributed by atoms with Crippen LogP contribution in [0.1, 0.15) is 5.56 Å². The van der Waals surface area contributed by atoms with Crippen LogP contribution in [0.15, 0.2) is 47.4 Å². The van der Waals surface area contributed by atoms with Gasteiger partial charge >= 0.3 is 6.03 Å². The number of methoxy groups -OCH3 is 1. The molecule has 3 N–H and O–H groups in total. The van der Waals surface area contributed by atoms with E-state index in [9.17, 15) is 18.4 Å². The fourth-order valence-electron chi connectivity index (χ4n) is 2.17. The predicted octanol–water partition coefficient (Wildman–Crippen LogP) is 4.08. The van der Waals surface area contributed by atoms with Crippen LogP contribution in [-0.2, 0) is 4.79 Å². The Kier molecular flexibility index (Phi) is 7.42. The first-order valence-electron chi connectivity index (χ1n) is 7.91. The standard InChI is InChI=1S/C18H19F2N3O3S/c1-11-3-8-15(26-2)14(9-11)23-16(24)10-21-18(25)22-12-4-6-13(7-5-12)27-17(19)20/h3-9,17H,10H2,1-2H3,(H,23,24)(H2,21,22,25). The van der Waals surface area contributed by atoms with Gasteiger partial charge < -0.3 is 20.7 Å². The van der Waals surface area contributed by atoms with Crippen molar-refractivity contribution in [3.63, 3.8) is 0 Å². The Morgan fingerprint density at radius 2 is 1.81 bits per heavy atom. The highest BCUT2D eigenvalue weighted by molar-refractivity contribution is 7.99. The van der Waals surface area contributed by atoms with Crippen molar-refractivity contribution in [1.29, 1.82) is 0 Å². The van der Waals surface area contributed by atoms with Crippen LogP contribution < -0.4 is 20.7 Å². The Hall–Kier alpha value is -2.81. The summed E-state index contributed by atoms with van der Waals surface area (Å²) in [7, 11) is 1.50. The van der Waals surface area contributed by atoms with Gasteiger partial charge in [-0.3, -0.25) is 4.79 Å². The number of hydrogen-bond acceptors (Lipinski definition) is 4. The first-order chi connectivity index (χ1) is 12.9. The van der Waals surface area contributed by atoms with Gasteiger partial charge in [0, 0.05) is 10.6 Å². The van der Waals surface area contributed by atoms with E-state index in [1.54, 1.807) is 12.1 Å². The normalized spacial score (nSPS) is 10.4. The minimum atomic E-state index is -2.50. The van der Waals surface area contributed by atoms with E-state index in [4.69, 9.17) is 4.74 Å². The lowest BCUT2D eigenvalue weighted by Crippen LogP contribution is -2.35. The SMILES string of the molecule is COc1ccc(C)cc1NC(=O)CNC(=O)Nc1ccc(SC(F)F)cc1. The number of anilines is 2. The average Bonchev–Trinajstić information content (AvgIpc) is 2.61. The molecule has 6 nitrogen and oxygen atoms in total. The molecule has 0 aliphatic carbocycles. The van der Waals surface area contributed by atoms with E-state index in [1.165, 1.54) is 31.4 Å². The topological polar surface area (TPSA) is 79.5 Å². The number of nitrogens with one attached hydrogen (secondary N) is 3. The van der Waals surface area contributed by atoms with Gasteiger partial charge in [0.15, 0.2) is 0 Å². The molecule has 0 bridgehead atoms. The van der Waals surface area contributed by atoms with E-state index in [2.05, 4.69) is 16.0 Å². The molecule has 0 aliphatic heterocycles. The maximum absolute atomic E-state index is 12.3. The minimum Gasteiger partial charge on any atom is -0.495 e. The number of urea groups is 1. The van der Waals surface area contributed by atoms with E-state index in [0.717, 1.165) is 5.56 Å². The van der Waals surface area contributed by atoms with Crippen LogP contribution >= 0.6 is 11.8 Å². The van der Waals surface area contributed by atoms with E-state index in [0.29, 0.717) is 33.8 Å². The Morgan fingerprint density at radius 1 is 1.11 bits per heavy atom. The number of rotatable bonds is 7. The molecule has 0 fully saturated rings. The summed E-state index contributed by atoms with van der Waals surface area (Å²) in [4.78, 5) is 24.3. The van der Waals surface area contributed by atoms with E-state index < -0.39 is 17.7 Å². The van der Waals surface area contributed by atoms with E-state index in [1.807, 2.05) is 13.0 Å². The van der Waals surface area contributed by atoms with Crippen molar-refractivity contribution in [2.45, 2.75) is 17.6 Å². The van der Waals surface area contributed by atoms with Gasteiger partial charge in [0.05, 0.1) is 19.3 Å². The number of benzene rings is 2. The summed E-state index contributed by atoms with van der Waals surface area (Å²) in [5.74, 6) is -2.41.